The van der Waals surface area contributed by atoms with Gasteiger partial charge in [-0.2, -0.15) is 0 Å². The van der Waals surface area contributed by atoms with E-state index < -0.39 is 5.63 Å². The maximum atomic E-state index is 12.7. The fourth-order valence-corrected chi connectivity index (χ4v) is 3.24. The quantitative estimate of drug-likeness (QED) is 0.735. The van der Waals surface area contributed by atoms with Crippen LogP contribution in [0.1, 0.15) is 34.9 Å². The lowest BCUT2D eigenvalue weighted by Crippen LogP contribution is -2.39. The number of likely N-dealkylation sites (tertiary alicyclic amines) is 1. The minimum Gasteiger partial charge on any atom is -0.422 e. The highest BCUT2D eigenvalue weighted by molar-refractivity contribution is 5.96. The highest BCUT2D eigenvalue weighted by Gasteiger charge is 2.27. The Hall–Kier alpha value is -2.89. The summed E-state index contributed by atoms with van der Waals surface area (Å²) in [5.74, 6) is 1.04. The molecule has 1 aliphatic heterocycles. The molecule has 1 aliphatic rings. The lowest BCUT2D eigenvalue weighted by molar-refractivity contribution is 0.0707. The molecule has 6 nitrogen and oxygen atoms in total. The predicted molar refractivity (Wildman–Crippen MR) is 89.0 cm³/mol. The Morgan fingerprint density at radius 1 is 1.25 bits per heavy atom. The van der Waals surface area contributed by atoms with Crippen LogP contribution in [0.3, 0.4) is 0 Å². The molecule has 0 atom stereocenters. The summed E-state index contributed by atoms with van der Waals surface area (Å²) < 4.78 is 5.27. The fraction of sp³-hybridized carbons (Fsp3) is 0.278. The van der Waals surface area contributed by atoms with Crippen LogP contribution in [-0.4, -0.2) is 33.9 Å². The zero-order valence-corrected chi connectivity index (χ0v) is 13.1. The van der Waals surface area contributed by atoms with Crippen LogP contribution in [0.2, 0.25) is 0 Å². The molecule has 0 aliphatic carbocycles. The first kappa shape index (κ1) is 14.7. The molecule has 0 saturated carbocycles. The molecule has 0 unspecified atom stereocenters. The number of carbonyl (C=O) groups is 1. The average Bonchev–Trinajstić information content (AvgIpc) is 3.15. The third kappa shape index (κ3) is 2.60. The number of hydrogen-bond acceptors (Lipinski definition) is 4. The van der Waals surface area contributed by atoms with Gasteiger partial charge < -0.3 is 14.3 Å². The summed E-state index contributed by atoms with van der Waals surface area (Å²) in [5.41, 5.74) is 0.0209. The molecule has 2 aromatic heterocycles. The van der Waals surface area contributed by atoms with Gasteiger partial charge in [0.15, 0.2) is 0 Å². The van der Waals surface area contributed by atoms with Crippen LogP contribution in [-0.2, 0) is 0 Å². The van der Waals surface area contributed by atoms with Gasteiger partial charge in [-0.25, -0.2) is 9.78 Å². The second-order valence-electron chi connectivity index (χ2n) is 6.03. The van der Waals surface area contributed by atoms with Gasteiger partial charge in [-0.05, 0) is 25.0 Å². The topological polar surface area (TPSA) is 79.2 Å². The van der Waals surface area contributed by atoms with Gasteiger partial charge in [-0.1, -0.05) is 18.2 Å². The number of para-hydroxylation sites is 1. The Balaban J connectivity index is 1.54. The van der Waals surface area contributed by atoms with E-state index in [0.29, 0.717) is 24.6 Å². The number of aromatic amines is 1. The number of benzene rings is 1. The lowest BCUT2D eigenvalue weighted by Gasteiger charge is -2.30. The first-order valence-electron chi connectivity index (χ1n) is 8.04. The highest BCUT2D eigenvalue weighted by Crippen LogP contribution is 2.26. The van der Waals surface area contributed by atoms with Crippen LogP contribution in [0.4, 0.5) is 0 Å². The van der Waals surface area contributed by atoms with Crippen molar-refractivity contribution in [3.8, 4) is 0 Å². The smallest absolute Gasteiger partial charge is 0.349 e. The van der Waals surface area contributed by atoms with E-state index in [4.69, 9.17) is 4.42 Å². The Bertz CT molecular complexity index is 922. The standard InChI is InChI=1S/C18H17N3O3/c22-17(14-11-13-3-1-2-4-15(13)24-18(14)23)21-9-5-12(6-10-21)16-19-7-8-20-16/h1-4,7-8,11-12H,5-6,9-10H2,(H,19,20). The molecule has 1 amide bonds. The third-order valence-electron chi connectivity index (χ3n) is 4.56. The Kier molecular flexibility index (Phi) is 3.65. The van der Waals surface area contributed by atoms with E-state index in [0.717, 1.165) is 24.1 Å². The van der Waals surface area contributed by atoms with E-state index in [1.54, 1.807) is 29.3 Å². The molecule has 0 spiro atoms. The number of aromatic nitrogens is 2. The largest absolute Gasteiger partial charge is 0.422 e. The summed E-state index contributed by atoms with van der Waals surface area (Å²) in [7, 11) is 0. The summed E-state index contributed by atoms with van der Waals surface area (Å²) in [5, 5.41) is 0.755. The minimum atomic E-state index is -0.577. The van der Waals surface area contributed by atoms with Crippen molar-refractivity contribution in [1.29, 1.82) is 0 Å². The minimum absolute atomic E-state index is 0.102. The van der Waals surface area contributed by atoms with Gasteiger partial charge >= 0.3 is 5.63 Å². The van der Waals surface area contributed by atoms with Gasteiger partial charge in [0.05, 0.1) is 0 Å². The number of hydrogen-bond donors (Lipinski definition) is 1. The van der Waals surface area contributed by atoms with Crippen LogP contribution in [0.5, 0.6) is 0 Å². The number of rotatable bonds is 2. The normalized spacial score (nSPS) is 15.8. The molecule has 3 heterocycles. The maximum absolute atomic E-state index is 12.7. The first-order chi connectivity index (χ1) is 11.7. The molecule has 4 rings (SSSR count). The van der Waals surface area contributed by atoms with Crippen molar-refractivity contribution in [1.82, 2.24) is 14.9 Å². The van der Waals surface area contributed by atoms with Crippen molar-refractivity contribution in [2.45, 2.75) is 18.8 Å². The van der Waals surface area contributed by atoms with Crippen LogP contribution in [0.15, 0.2) is 51.9 Å². The van der Waals surface area contributed by atoms with Gasteiger partial charge in [-0.15, -0.1) is 0 Å². The van der Waals surface area contributed by atoms with Gasteiger partial charge in [0.2, 0.25) is 0 Å². The average molecular weight is 323 g/mol. The number of imidazole rings is 1. The lowest BCUT2D eigenvalue weighted by atomic mass is 9.95. The van der Waals surface area contributed by atoms with E-state index in [1.165, 1.54) is 0 Å². The first-order valence-corrected chi connectivity index (χ1v) is 8.04. The Morgan fingerprint density at radius 2 is 2.04 bits per heavy atom. The number of fused-ring (bicyclic) bond motifs is 1. The van der Waals surface area contributed by atoms with Crippen LogP contribution in [0.25, 0.3) is 11.0 Å². The fourth-order valence-electron chi connectivity index (χ4n) is 3.24. The molecule has 0 bridgehead atoms. The van der Waals surface area contributed by atoms with Crippen molar-refractivity contribution in [2.75, 3.05) is 13.1 Å². The predicted octanol–water partition coefficient (Wildman–Crippen LogP) is 2.54. The summed E-state index contributed by atoms with van der Waals surface area (Å²) in [4.78, 5) is 34.0. The zero-order valence-electron chi connectivity index (χ0n) is 13.1. The number of H-pyrrole nitrogens is 1. The van der Waals surface area contributed by atoms with Crippen molar-refractivity contribution >= 4 is 16.9 Å². The summed E-state index contributed by atoms with van der Waals surface area (Å²) >= 11 is 0. The van der Waals surface area contributed by atoms with E-state index in [1.807, 2.05) is 18.3 Å². The number of carbonyl (C=O) groups excluding carboxylic acids is 1. The second kappa shape index (κ2) is 5.96. The number of piperidine rings is 1. The molecule has 6 heteroatoms. The summed E-state index contributed by atoms with van der Waals surface area (Å²) in [6.45, 7) is 1.22. The van der Waals surface area contributed by atoms with Gasteiger partial charge in [0, 0.05) is 36.8 Å². The van der Waals surface area contributed by atoms with Crippen LogP contribution < -0.4 is 5.63 Å². The van der Waals surface area contributed by atoms with Gasteiger partial charge in [0.1, 0.15) is 17.0 Å². The van der Waals surface area contributed by atoms with Crippen molar-refractivity contribution in [3.63, 3.8) is 0 Å². The number of nitrogens with one attached hydrogen (secondary N) is 1. The molecule has 24 heavy (non-hydrogen) atoms. The van der Waals surface area contributed by atoms with E-state index in [-0.39, 0.29) is 11.5 Å². The molecule has 1 saturated heterocycles. The second-order valence-corrected chi connectivity index (χ2v) is 6.03. The molecule has 1 aromatic carbocycles. The zero-order chi connectivity index (χ0) is 16.5. The molecular formula is C18H17N3O3. The van der Waals surface area contributed by atoms with Crippen molar-refractivity contribution in [3.05, 3.63) is 64.5 Å². The SMILES string of the molecule is O=C(c1cc2ccccc2oc1=O)N1CCC(c2ncc[nH]2)CC1. The summed E-state index contributed by atoms with van der Waals surface area (Å²) in [6, 6.07) is 8.83. The van der Waals surface area contributed by atoms with Crippen LogP contribution in [0, 0.1) is 0 Å². The molecule has 0 radical (unpaired) electrons. The van der Waals surface area contributed by atoms with E-state index in [2.05, 4.69) is 9.97 Å². The highest BCUT2D eigenvalue weighted by atomic mass is 16.4. The van der Waals surface area contributed by atoms with E-state index in [9.17, 15) is 9.59 Å². The Morgan fingerprint density at radius 3 is 2.79 bits per heavy atom. The molecule has 1 N–H and O–H groups in total. The number of nitrogens with zero attached hydrogens (tertiary/aromatic N) is 2. The maximum Gasteiger partial charge on any atom is 0.349 e. The van der Waals surface area contributed by atoms with Crippen molar-refractivity contribution < 1.29 is 9.21 Å². The van der Waals surface area contributed by atoms with Gasteiger partial charge in [0.25, 0.3) is 5.91 Å². The summed E-state index contributed by atoms with van der Waals surface area (Å²) in [6.07, 6.45) is 5.22. The van der Waals surface area contributed by atoms with Gasteiger partial charge in [-0.3, -0.25) is 4.79 Å². The Labute approximate surface area is 138 Å². The molecule has 122 valence electrons. The van der Waals surface area contributed by atoms with Crippen molar-refractivity contribution in [2.24, 2.45) is 0 Å². The molecule has 1 fully saturated rings. The van der Waals surface area contributed by atoms with Crippen LogP contribution >= 0.6 is 0 Å². The third-order valence-corrected chi connectivity index (χ3v) is 4.56. The number of amides is 1. The molecular weight excluding hydrogens is 306 g/mol. The monoisotopic (exact) mass is 323 g/mol. The molecule has 3 aromatic rings. The van der Waals surface area contributed by atoms with E-state index >= 15 is 0 Å².